The van der Waals surface area contributed by atoms with Crippen LogP contribution in [0.4, 0.5) is 10.5 Å². The maximum Gasteiger partial charge on any atom is 0.322 e. The maximum atomic E-state index is 13.2. The van der Waals surface area contributed by atoms with Crippen LogP contribution in [0.1, 0.15) is 25.7 Å². The first kappa shape index (κ1) is 24.3. The minimum absolute atomic E-state index is 0.213. The van der Waals surface area contributed by atoms with Gasteiger partial charge in [-0.2, -0.15) is 0 Å². The molecule has 32 heavy (non-hydrogen) atoms. The molecule has 0 aliphatic rings. The lowest BCUT2D eigenvalue weighted by Gasteiger charge is -2.30. The third kappa shape index (κ3) is 5.18. The summed E-state index contributed by atoms with van der Waals surface area (Å²) in [6.07, 6.45) is 0. The van der Waals surface area contributed by atoms with Crippen molar-refractivity contribution < 1.29 is 9.53 Å². The number of aromatic nitrogens is 2. The van der Waals surface area contributed by atoms with Gasteiger partial charge in [0.2, 0.25) is 0 Å². The molecule has 0 radical (unpaired) electrons. The van der Waals surface area contributed by atoms with Gasteiger partial charge < -0.3 is 15.0 Å². The minimum atomic E-state index is -0.538. The Morgan fingerprint density at radius 2 is 1.88 bits per heavy atom. The number of hydrogen-bond acceptors (Lipinski definition) is 4. The highest BCUT2D eigenvalue weighted by Crippen LogP contribution is 2.27. The van der Waals surface area contributed by atoms with E-state index in [1.54, 1.807) is 53.0 Å². The summed E-state index contributed by atoms with van der Waals surface area (Å²) < 4.78 is 6.74. The van der Waals surface area contributed by atoms with Gasteiger partial charge in [-0.25, -0.2) is 9.78 Å². The van der Waals surface area contributed by atoms with E-state index < -0.39 is 12.1 Å². The molecule has 1 atom stereocenters. The van der Waals surface area contributed by atoms with Gasteiger partial charge in [0.15, 0.2) is 0 Å². The maximum absolute atomic E-state index is 13.2. The summed E-state index contributed by atoms with van der Waals surface area (Å²) in [5, 5.41) is 4.47. The predicted octanol–water partition coefficient (Wildman–Crippen LogP) is 5.62. The molecule has 1 heterocycles. The average molecular weight is 498 g/mol. The number of urea groups is 1. The third-order valence-electron chi connectivity index (χ3n) is 5.07. The first-order chi connectivity index (χ1) is 15.3. The Hall–Kier alpha value is -2.32. The van der Waals surface area contributed by atoms with Crippen molar-refractivity contribution in [1.82, 2.24) is 14.5 Å². The SMILES string of the molecule is CCn1c(C(C)N(CCOC)C(=O)Nc2ccc(Cl)cc2Cl)nc2ccc(Cl)cc2c1=O. The molecule has 2 aromatic carbocycles. The number of nitrogens with zero attached hydrogens (tertiary/aromatic N) is 3. The van der Waals surface area contributed by atoms with Crippen LogP contribution in [-0.2, 0) is 11.3 Å². The Balaban J connectivity index is 2.02. The lowest BCUT2D eigenvalue weighted by Crippen LogP contribution is -2.41. The molecule has 0 aliphatic heterocycles. The van der Waals surface area contributed by atoms with E-state index in [2.05, 4.69) is 5.32 Å². The zero-order chi connectivity index (χ0) is 23.4. The van der Waals surface area contributed by atoms with Crippen LogP contribution in [0.25, 0.3) is 10.9 Å². The Bertz CT molecular complexity index is 1200. The molecule has 3 rings (SSSR count). The van der Waals surface area contributed by atoms with Crippen LogP contribution >= 0.6 is 34.8 Å². The first-order valence-corrected chi connectivity index (χ1v) is 11.1. The van der Waals surface area contributed by atoms with E-state index in [1.165, 1.54) is 0 Å². The molecule has 7 nitrogen and oxygen atoms in total. The summed E-state index contributed by atoms with van der Waals surface area (Å²) in [7, 11) is 1.55. The summed E-state index contributed by atoms with van der Waals surface area (Å²) in [6.45, 7) is 4.62. The number of rotatable bonds is 7. The first-order valence-electron chi connectivity index (χ1n) is 9.98. The molecule has 0 saturated heterocycles. The molecule has 1 aromatic heterocycles. The van der Waals surface area contributed by atoms with Gasteiger partial charge in [-0.15, -0.1) is 0 Å². The van der Waals surface area contributed by atoms with Crippen LogP contribution in [0, 0.1) is 0 Å². The molecular weight excluding hydrogens is 475 g/mol. The summed E-state index contributed by atoms with van der Waals surface area (Å²) in [5.41, 5.74) is 0.721. The lowest BCUT2D eigenvalue weighted by molar-refractivity contribution is 0.136. The average Bonchev–Trinajstić information content (AvgIpc) is 2.76. The van der Waals surface area contributed by atoms with E-state index in [4.69, 9.17) is 44.5 Å². The molecule has 1 unspecified atom stereocenters. The van der Waals surface area contributed by atoms with Crippen LogP contribution in [0.5, 0.6) is 0 Å². The number of carbonyl (C=O) groups excluding carboxylic acids is 1. The summed E-state index contributed by atoms with van der Waals surface area (Å²) in [4.78, 5) is 32.5. The van der Waals surface area contributed by atoms with Crippen molar-refractivity contribution in [2.24, 2.45) is 0 Å². The number of hydrogen-bond donors (Lipinski definition) is 1. The molecule has 0 spiro atoms. The van der Waals surface area contributed by atoms with Gasteiger partial charge in [-0.05, 0) is 50.2 Å². The van der Waals surface area contributed by atoms with E-state index in [1.807, 2.05) is 13.8 Å². The minimum Gasteiger partial charge on any atom is -0.383 e. The van der Waals surface area contributed by atoms with E-state index >= 15 is 0 Å². The van der Waals surface area contributed by atoms with Gasteiger partial charge in [0.25, 0.3) is 5.56 Å². The smallest absolute Gasteiger partial charge is 0.322 e. The molecule has 0 aliphatic carbocycles. The zero-order valence-electron chi connectivity index (χ0n) is 17.9. The number of amides is 2. The van der Waals surface area contributed by atoms with Gasteiger partial charge >= 0.3 is 6.03 Å². The fraction of sp³-hybridized carbons (Fsp3) is 0.318. The van der Waals surface area contributed by atoms with Gasteiger partial charge in [0.05, 0.1) is 34.3 Å². The van der Waals surface area contributed by atoms with Crippen LogP contribution in [-0.4, -0.2) is 40.7 Å². The highest BCUT2D eigenvalue weighted by molar-refractivity contribution is 6.36. The number of fused-ring (bicyclic) bond motifs is 1. The molecule has 0 saturated carbocycles. The number of ether oxygens (including phenoxy) is 1. The number of halogens is 3. The molecule has 170 valence electrons. The molecule has 2 amide bonds. The molecule has 3 aromatic rings. The standard InChI is InChI=1S/C22H23Cl3N4O3/c1-4-28-20(26-18-7-5-14(23)11-16(18)21(28)30)13(2)29(9-10-32-3)22(31)27-19-8-6-15(24)12-17(19)25/h5-8,11-13H,4,9-10H2,1-3H3,(H,27,31). The topological polar surface area (TPSA) is 76.5 Å². The second kappa shape index (κ2) is 10.5. The van der Waals surface area contributed by atoms with E-state index in [-0.39, 0.29) is 12.1 Å². The van der Waals surface area contributed by atoms with Crippen LogP contribution in [0.15, 0.2) is 41.2 Å². The fourth-order valence-corrected chi connectivity index (χ4v) is 4.04. The third-order valence-corrected chi connectivity index (χ3v) is 5.86. The largest absolute Gasteiger partial charge is 0.383 e. The number of benzene rings is 2. The monoisotopic (exact) mass is 496 g/mol. The van der Waals surface area contributed by atoms with Crippen molar-refractivity contribution in [2.75, 3.05) is 25.6 Å². The zero-order valence-corrected chi connectivity index (χ0v) is 20.1. The van der Waals surface area contributed by atoms with Crippen molar-refractivity contribution in [3.05, 3.63) is 67.6 Å². The highest BCUT2D eigenvalue weighted by Gasteiger charge is 2.26. The summed E-state index contributed by atoms with van der Waals surface area (Å²) >= 11 is 18.2. The van der Waals surface area contributed by atoms with Crippen molar-refractivity contribution in [3.8, 4) is 0 Å². The van der Waals surface area contributed by atoms with Crippen molar-refractivity contribution in [1.29, 1.82) is 0 Å². The van der Waals surface area contributed by atoms with E-state index in [0.717, 1.165) is 0 Å². The molecule has 0 bridgehead atoms. The second-order valence-corrected chi connectivity index (χ2v) is 8.38. The summed E-state index contributed by atoms with van der Waals surface area (Å²) in [5.74, 6) is 0.459. The Morgan fingerprint density at radius 1 is 1.19 bits per heavy atom. The van der Waals surface area contributed by atoms with Gasteiger partial charge in [0.1, 0.15) is 5.82 Å². The fourth-order valence-electron chi connectivity index (χ4n) is 3.41. The van der Waals surface area contributed by atoms with Crippen molar-refractivity contribution in [2.45, 2.75) is 26.4 Å². The highest BCUT2D eigenvalue weighted by atomic mass is 35.5. The van der Waals surface area contributed by atoms with Gasteiger partial charge in [-0.3, -0.25) is 9.36 Å². The van der Waals surface area contributed by atoms with Crippen LogP contribution in [0.3, 0.4) is 0 Å². The quantitative estimate of drug-likeness (QED) is 0.460. The summed E-state index contributed by atoms with van der Waals surface area (Å²) in [6, 6.07) is 8.84. The lowest BCUT2D eigenvalue weighted by atomic mass is 10.2. The normalized spacial score (nSPS) is 12.1. The van der Waals surface area contributed by atoms with Gasteiger partial charge in [-0.1, -0.05) is 34.8 Å². The molecule has 10 heteroatoms. The van der Waals surface area contributed by atoms with E-state index in [0.29, 0.717) is 50.6 Å². The van der Waals surface area contributed by atoms with Gasteiger partial charge in [0, 0.05) is 30.2 Å². The number of carbonyl (C=O) groups is 1. The molecule has 1 N–H and O–H groups in total. The van der Waals surface area contributed by atoms with Crippen LogP contribution in [0.2, 0.25) is 15.1 Å². The number of nitrogens with one attached hydrogen (secondary N) is 1. The second-order valence-electron chi connectivity index (χ2n) is 7.10. The Labute approximate surface area is 200 Å². The van der Waals surface area contributed by atoms with E-state index in [9.17, 15) is 9.59 Å². The predicted molar refractivity (Wildman–Crippen MR) is 129 cm³/mol. The van der Waals surface area contributed by atoms with Crippen LogP contribution < -0.4 is 10.9 Å². The number of anilines is 1. The van der Waals surface area contributed by atoms with Crippen molar-refractivity contribution >= 4 is 57.4 Å². The Morgan fingerprint density at radius 3 is 2.53 bits per heavy atom. The Kier molecular flexibility index (Phi) is 8.00. The number of methoxy groups -OCH3 is 1. The van der Waals surface area contributed by atoms with Crippen molar-refractivity contribution in [3.63, 3.8) is 0 Å². The molecule has 0 fully saturated rings. The molecular formula is C22H23Cl3N4O3.